The zero-order valence-electron chi connectivity index (χ0n) is 10.5. The predicted molar refractivity (Wildman–Crippen MR) is 62.3 cm³/mol. The summed E-state index contributed by atoms with van der Waals surface area (Å²) in [6.45, 7) is 8.43. The first-order chi connectivity index (χ1) is 7.44. The topological polar surface area (TPSA) is 41.6 Å². The number of piperidine rings is 1. The Kier molecular flexibility index (Phi) is 3.10. The van der Waals surface area contributed by atoms with E-state index in [0.29, 0.717) is 12.0 Å². The molecule has 0 radical (unpaired) electrons. The van der Waals surface area contributed by atoms with Crippen molar-refractivity contribution in [1.82, 2.24) is 10.2 Å². The first-order valence-corrected chi connectivity index (χ1v) is 6.15. The Morgan fingerprint density at radius 2 is 2.06 bits per heavy atom. The number of carbonyl (C=O) groups excluding carboxylic acids is 1. The summed E-state index contributed by atoms with van der Waals surface area (Å²) in [6, 6.07) is 0.464. The second-order valence-corrected chi connectivity index (χ2v) is 5.93. The average Bonchev–Trinajstić information content (AvgIpc) is 2.47. The number of nitrogens with zero attached hydrogens (tertiary/aromatic N) is 1. The van der Waals surface area contributed by atoms with Gasteiger partial charge >= 0.3 is 6.09 Å². The van der Waals surface area contributed by atoms with Crippen molar-refractivity contribution in [2.45, 2.75) is 45.3 Å². The Morgan fingerprint density at radius 1 is 1.31 bits per heavy atom. The molecule has 0 aromatic rings. The highest BCUT2D eigenvalue weighted by Gasteiger charge is 2.33. The molecule has 3 aliphatic rings. The van der Waals surface area contributed by atoms with E-state index in [9.17, 15) is 4.79 Å². The SMILES string of the molecule is CC(C)(C)OC(=O)N1CC2CCC(C1)NC2. The molecule has 92 valence electrons. The van der Waals surface area contributed by atoms with Gasteiger partial charge in [-0.25, -0.2) is 4.79 Å². The van der Waals surface area contributed by atoms with Crippen molar-refractivity contribution in [3.8, 4) is 0 Å². The second kappa shape index (κ2) is 4.24. The number of amides is 1. The summed E-state index contributed by atoms with van der Waals surface area (Å²) >= 11 is 0. The van der Waals surface area contributed by atoms with Crippen molar-refractivity contribution >= 4 is 6.09 Å². The molecule has 2 unspecified atom stereocenters. The van der Waals surface area contributed by atoms with Gasteiger partial charge in [-0.3, -0.25) is 0 Å². The number of hydrogen-bond donors (Lipinski definition) is 1. The Bertz CT molecular complexity index is 251. The number of rotatable bonds is 0. The van der Waals surface area contributed by atoms with Gasteiger partial charge in [-0.2, -0.15) is 0 Å². The highest BCUT2D eigenvalue weighted by atomic mass is 16.6. The van der Waals surface area contributed by atoms with Gasteiger partial charge in [-0.15, -0.1) is 0 Å². The Labute approximate surface area is 97.3 Å². The normalized spacial score (nSPS) is 30.1. The minimum absolute atomic E-state index is 0.159. The molecule has 3 rings (SSSR count). The van der Waals surface area contributed by atoms with Crippen LogP contribution < -0.4 is 5.32 Å². The third-order valence-corrected chi connectivity index (χ3v) is 3.19. The minimum Gasteiger partial charge on any atom is -0.444 e. The highest BCUT2D eigenvalue weighted by Crippen LogP contribution is 2.22. The lowest BCUT2D eigenvalue weighted by Gasteiger charge is -2.27. The van der Waals surface area contributed by atoms with Gasteiger partial charge in [0.15, 0.2) is 0 Å². The summed E-state index contributed by atoms with van der Waals surface area (Å²) in [5.41, 5.74) is -0.393. The van der Waals surface area contributed by atoms with Crippen molar-refractivity contribution in [3.05, 3.63) is 0 Å². The summed E-state index contributed by atoms with van der Waals surface area (Å²) in [6.07, 6.45) is 2.26. The monoisotopic (exact) mass is 226 g/mol. The Balaban J connectivity index is 1.96. The minimum atomic E-state index is -0.393. The largest absolute Gasteiger partial charge is 0.444 e. The lowest BCUT2D eigenvalue weighted by Crippen LogP contribution is -2.42. The summed E-state index contributed by atoms with van der Waals surface area (Å²) in [4.78, 5) is 13.8. The van der Waals surface area contributed by atoms with Crippen molar-refractivity contribution in [2.24, 2.45) is 5.92 Å². The molecule has 1 amide bonds. The van der Waals surface area contributed by atoms with E-state index in [1.54, 1.807) is 0 Å². The zero-order valence-corrected chi connectivity index (χ0v) is 10.5. The maximum absolute atomic E-state index is 12.0. The molecule has 0 saturated carbocycles. The van der Waals surface area contributed by atoms with Gasteiger partial charge in [0.2, 0.25) is 0 Å². The fourth-order valence-corrected chi connectivity index (χ4v) is 2.41. The standard InChI is InChI=1S/C12H22N2O2/c1-12(2,3)16-11(15)14-7-9-4-5-10(8-14)13-6-9/h9-10,13H,4-8H2,1-3H3. The molecule has 0 aliphatic carbocycles. The molecule has 3 heterocycles. The van der Waals surface area contributed by atoms with Gasteiger partial charge in [-0.1, -0.05) is 0 Å². The van der Waals surface area contributed by atoms with Gasteiger partial charge in [0, 0.05) is 19.1 Å². The molecule has 4 nitrogen and oxygen atoms in total. The molecule has 0 aromatic heterocycles. The third-order valence-electron chi connectivity index (χ3n) is 3.19. The van der Waals surface area contributed by atoms with E-state index in [2.05, 4.69) is 5.32 Å². The second-order valence-electron chi connectivity index (χ2n) is 5.93. The van der Waals surface area contributed by atoms with Crippen LogP contribution in [0.3, 0.4) is 0 Å². The first kappa shape index (κ1) is 11.7. The molecule has 3 saturated heterocycles. The maximum Gasteiger partial charge on any atom is 0.410 e. The summed E-state index contributed by atoms with van der Waals surface area (Å²) < 4.78 is 5.42. The van der Waals surface area contributed by atoms with E-state index < -0.39 is 5.60 Å². The van der Waals surface area contributed by atoms with E-state index in [1.165, 1.54) is 12.8 Å². The van der Waals surface area contributed by atoms with Crippen LogP contribution in [0.15, 0.2) is 0 Å². The number of hydrogen-bond acceptors (Lipinski definition) is 3. The van der Waals surface area contributed by atoms with Crippen LogP contribution in [0.2, 0.25) is 0 Å². The molecule has 1 N–H and O–H groups in total. The highest BCUT2D eigenvalue weighted by molar-refractivity contribution is 5.68. The van der Waals surface area contributed by atoms with Gasteiger partial charge in [0.25, 0.3) is 0 Å². The molecule has 4 heteroatoms. The van der Waals surface area contributed by atoms with Gasteiger partial charge in [0.05, 0.1) is 0 Å². The number of ether oxygens (including phenoxy) is 1. The molecule has 3 aliphatic heterocycles. The van der Waals surface area contributed by atoms with Gasteiger partial charge < -0.3 is 15.0 Å². The molecular formula is C12H22N2O2. The van der Waals surface area contributed by atoms with Crippen molar-refractivity contribution < 1.29 is 9.53 Å². The fourth-order valence-electron chi connectivity index (χ4n) is 2.41. The number of carbonyl (C=O) groups is 1. The number of nitrogens with one attached hydrogen (secondary N) is 1. The van der Waals surface area contributed by atoms with Crippen LogP contribution in [0.25, 0.3) is 0 Å². The Hall–Kier alpha value is -0.770. The summed E-state index contributed by atoms with van der Waals surface area (Å²) in [5.74, 6) is 0.603. The van der Waals surface area contributed by atoms with Crippen molar-refractivity contribution in [1.29, 1.82) is 0 Å². The van der Waals surface area contributed by atoms with Crippen LogP contribution in [0.1, 0.15) is 33.6 Å². The molecule has 3 fully saturated rings. The van der Waals surface area contributed by atoms with E-state index in [0.717, 1.165) is 19.6 Å². The quantitative estimate of drug-likeness (QED) is 0.682. The Morgan fingerprint density at radius 3 is 2.62 bits per heavy atom. The molecular weight excluding hydrogens is 204 g/mol. The van der Waals surface area contributed by atoms with Crippen LogP contribution in [0.5, 0.6) is 0 Å². The van der Waals surface area contributed by atoms with Gasteiger partial charge in [0.1, 0.15) is 5.60 Å². The zero-order chi connectivity index (χ0) is 11.8. The average molecular weight is 226 g/mol. The van der Waals surface area contributed by atoms with E-state index >= 15 is 0 Å². The lowest BCUT2D eigenvalue weighted by molar-refractivity contribution is 0.0242. The van der Waals surface area contributed by atoms with E-state index in [4.69, 9.17) is 4.74 Å². The van der Waals surface area contributed by atoms with Crippen LogP contribution in [0.4, 0.5) is 4.79 Å². The fraction of sp³-hybridized carbons (Fsp3) is 0.917. The molecule has 0 aromatic carbocycles. The number of fused-ring (bicyclic) bond motifs is 4. The maximum atomic E-state index is 12.0. The lowest BCUT2D eigenvalue weighted by atomic mass is 9.97. The summed E-state index contributed by atoms with van der Waals surface area (Å²) in [5, 5.41) is 3.48. The smallest absolute Gasteiger partial charge is 0.410 e. The van der Waals surface area contributed by atoms with Gasteiger partial charge in [-0.05, 0) is 46.1 Å². The van der Waals surface area contributed by atoms with E-state index in [1.807, 2.05) is 25.7 Å². The van der Waals surface area contributed by atoms with Crippen molar-refractivity contribution in [3.63, 3.8) is 0 Å². The molecule has 0 spiro atoms. The summed E-state index contributed by atoms with van der Waals surface area (Å²) in [7, 11) is 0. The predicted octanol–water partition coefficient (Wildman–Crippen LogP) is 1.61. The van der Waals surface area contributed by atoms with Crippen molar-refractivity contribution in [2.75, 3.05) is 19.6 Å². The molecule has 2 bridgehead atoms. The first-order valence-electron chi connectivity index (χ1n) is 6.15. The third kappa shape index (κ3) is 2.88. The molecule has 16 heavy (non-hydrogen) atoms. The van der Waals surface area contributed by atoms with Crippen LogP contribution in [0, 0.1) is 5.92 Å². The van der Waals surface area contributed by atoms with E-state index in [-0.39, 0.29) is 6.09 Å². The van der Waals surface area contributed by atoms with Crippen LogP contribution >= 0.6 is 0 Å². The molecule has 2 atom stereocenters. The van der Waals surface area contributed by atoms with Crippen LogP contribution in [-0.4, -0.2) is 42.3 Å². The van der Waals surface area contributed by atoms with Crippen LogP contribution in [-0.2, 0) is 4.74 Å².